The first-order valence-corrected chi connectivity index (χ1v) is 7.09. The van der Waals surface area contributed by atoms with E-state index in [-0.39, 0.29) is 12.5 Å². The first-order valence-electron chi connectivity index (χ1n) is 7.09. The van der Waals surface area contributed by atoms with Gasteiger partial charge in [-0.25, -0.2) is 4.79 Å². The maximum absolute atomic E-state index is 11.8. The molecule has 2 N–H and O–H groups in total. The Kier molecular flexibility index (Phi) is 8.68. The third-order valence-corrected chi connectivity index (χ3v) is 3.32. The zero-order valence-corrected chi connectivity index (χ0v) is 13.1. The van der Waals surface area contributed by atoms with Gasteiger partial charge in [0.25, 0.3) is 0 Å². The lowest BCUT2D eigenvalue weighted by Crippen LogP contribution is -2.39. The fourth-order valence-corrected chi connectivity index (χ4v) is 2.10. The van der Waals surface area contributed by atoms with Crippen molar-refractivity contribution in [3.63, 3.8) is 0 Å². The number of rotatable bonds is 9. The summed E-state index contributed by atoms with van der Waals surface area (Å²) in [6.45, 7) is 10.9. The van der Waals surface area contributed by atoms with E-state index in [1.165, 1.54) is 0 Å². The first kappa shape index (κ1) is 18.5. The van der Waals surface area contributed by atoms with Crippen LogP contribution in [0.1, 0.15) is 40.0 Å². The lowest BCUT2D eigenvalue weighted by atomic mass is 9.88. The molecule has 0 saturated heterocycles. The molecule has 5 heteroatoms. The minimum Gasteiger partial charge on any atom is -0.481 e. The van der Waals surface area contributed by atoms with Gasteiger partial charge < -0.3 is 15.3 Å². The van der Waals surface area contributed by atoms with Crippen molar-refractivity contribution in [2.75, 3.05) is 20.1 Å². The first-order chi connectivity index (χ1) is 9.23. The van der Waals surface area contributed by atoms with Gasteiger partial charge in [-0.2, -0.15) is 0 Å². The number of carboxylic acids is 1. The summed E-state index contributed by atoms with van der Waals surface area (Å²) in [5, 5.41) is 11.6. The Labute approximate surface area is 122 Å². The Morgan fingerprint density at radius 3 is 2.35 bits per heavy atom. The van der Waals surface area contributed by atoms with Crippen LogP contribution in [-0.4, -0.2) is 42.1 Å². The van der Waals surface area contributed by atoms with Gasteiger partial charge in [-0.15, -0.1) is 0 Å². The molecule has 1 atom stereocenters. The highest BCUT2D eigenvalue weighted by atomic mass is 16.4. The maximum atomic E-state index is 11.8. The molecular weight excluding hydrogens is 256 g/mol. The molecule has 20 heavy (non-hydrogen) atoms. The van der Waals surface area contributed by atoms with Crippen LogP contribution in [0.3, 0.4) is 0 Å². The molecule has 5 nitrogen and oxygen atoms in total. The van der Waals surface area contributed by atoms with Crippen molar-refractivity contribution in [2.45, 2.75) is 40.0 Å². The third kappa shape index (κ3) is 8.56. The Morgan fingerprint density at radius 2 is 1.90 bits per heavy atom. The zero-order valence-electron chi connectivity index (χ0n) is 13.1. The van der Waals surface area contributed by atoms with Gasteiger partial charge in [-0.1, -0.05) is 26.0 Å². The highest BCUT2D eigenvalue weighted by Crippen LogP contribution is 2.20. The molecule has 0 aliphatic heterocycles. The average Bonchev–Trinajstić information content (AvgIpc) is 2.31. The van der Waals surface area contributed by atoms with Gasteiger partial charge >= 0.3 is 12.0 Å². The van der Waals surface area contributed by atoms with Crippen LogP contribution in [0.2, 0.25) is 0 Å². The largest absolute Gasteiger partial charge is 0.481 e. The van der Waals surface area contributed by atoms with Gasteiger partial charge in [-0.05, 0) is 31.6 Å². The van der Waals surface area contributed by atoms with Gasteiger partial charge in [0.1, 0.15) is 0 Å². The summed E-state index contributed by atoms with van der Waals surface area (Å²) < 4.78 is 0. The minimum absolute atomic E-state index is 0.117. The molecule has 0 aromatic heterocycles. The minimum atomic E-state index is -0.763. The number of hydrogen-bond acceptors (Lipinski definition) is 2. The maximum Gasteiger partial charge on any atom is 0.317 e. The fourth-order valence-electron chi connectivity index (χ4n) is 2.10. The van der Waals surface area contributed by atoms with E-state index in [1.807, 2.05) is 6.92 Å². The summed E-state index contributed by atoms with van der Waals surface area (Å²) in [7, 11) is 1.73. The van der Waals surface area contributed by atoms with Crippen molar-refractivity contribution in [3.05, 3.63) is 12.2 Å². The van der Waals surface area contributed by atoms with Crippen molar-refractivity contribution in [3.8, 4) is 0 Å². The summed E-state index contributed by atoms with van der Waals surface area (Å²) in [5.41, 5.74) is 0.934. The predicted molar refractivity (Wildman–Crippen MR) is 80.7 cm³/mol. The smallest absolute Gasteiger partial charge is 0.317 e. The quantitative estimate of drug-likeness (QED) is 0.640. The van der Waals surface area contributed by atoms with Crippen molar-refractivity contribution < 1.29 is 14.7 Å². The molecule has 0 radical (unpaired) electrons. The Morgan fingerprint density at radius 1 is 1.30 bits per heavy atom. The van der Waals surface area contributed by atoms with E-state index in [0.717, 1.165) is 12.0 Å². The van der Waals surface area contributed by atoms with E-state index in [9.17, 15) is 9.59 Å². The number of amides is 2. The van der Waals surface area contributed by atoms with Crippen molar-refractivity contribution in [1.29, 1.82) is 0 Å². The molecule has 0 rings (SSSR count). The Bertz CT molecular complexity index is 340. The van der Waals surface area contributed by atoms with Crippen LogP contribution in [0.5, 0.6) is 0 Å². The van der Waals surface area contributed by atoms with Crippen LogP contribution in [0, 0.1) is 11.8 Å². The van der Waals surface area contributed by atoms with Crippen LogP contribution in [0.15, 0.2) is 12.2 Å². The third-order valence-electron chi connectivity index (χ3n) is 3.32. The molecule has 0 aromatic carbocycles. The molecule has 0 aliphatic carbocycles. The van der Waals surface area contributed by atoms with Gasteiger partial charge in [-0.3, -0.25) is 4.79 Å². The summed E-state index contributed by atoms with van der Waals surface area (Å²) >= 11 is 0. The van der Waals surface area contributed by atoms with Crippen LogP contribution in [-0.2, 0) is 4.79 Å². The van der Waals surface area contributed by atoms with Crippen LogP contribution >= 0.6 is 0 Å². The second-order valence-electron chi connectivity index (χ2n) is 5.77. The number of aliphatic carboxylic acids is 1. The number of hydrogen-bond donors (Lipinski definition) is 2. The molecule has 0 heterocycles. The number of nitrogens with zero attached hydrogens (tertiary/aromatic N) is 1. The summed E-state index contributed by atoms with van der Waals surface area (Å²) in [6, 6.07) is -0.117. The highest BCUT2D eigenvalue weighted by molar-refractivity contribution is 5.74. The molecule has 0 saturated carbocycles. The number of carbonyl (C=O) groups excluding carboxylic acids is 1. The monoisotopic (exact) mass is 284 g/mol. The summed E-state index contributed by atoms with van der Waals surface area (Å²) in [4.78, 5) is 24.0. The second-order valence-corrected chi connectivity index (χ2v) is 5.77. The summed E-state index contributed by atoms with van der Waals surface area (Å²) in [6.07, 6.45) is 1.65. The molecule has 0 bridgehead atoms. The average molecular weight is 284 g/mol. The SMILES string of the molecule is C=C(C)CN(C)C(=O)NCCC(CCC(=O)O)C(C)C. The van der Waals surface area contributed by atoms with E-state index in [2.05, 4.69) is 25.7 Å². The van der Waals surface area contributed by atoms with Gasteiger partial charge in [0.15, 0.2) is 0 Å². The van der Waals surface area contributed by atoms with E-state index < -0.39 is 5.97 Å². The number of urea groups is 1. The van der Waals surface area contributed by atoms with Crippen molar-refractivity contribution in [1.82, 2.24) is 10.2 Å². The summed E-state index contributed by atoms with van der Waals surface area (Å²) in [5.74, 6) is -0.0295. The standard InChI is InChI=1S/C15H28N2O3/c1-11(2)10-17(5)15(20)16-9-8-13(12(3)4)6-7-14(18)19/h12-13H,1,6-10H2,2-5H3,(H,16,20)(H,18,19). The van der Waals surface area contributed by atoms with Crippen LogP contribution in [0.4, 0.5) is 4.79 Å². The number of nitrogens with one attached hydrogen (secondary N) is 1. The van der Waals surface area contributed by atoms with E-state index >= 15 is 0 Å². The van der Waals surface area contributed by atoms with Crippen LogP contribution in [0.25, 0.3) is 0 Å². The predicted octanol–water partition coefficient (Wildman–Crippen LogP) is 2.73. The van der Waals surface area contributed by atoms with E-state index in [0.29, 0.717) is 31.3 Å². The van der Waals surface area contributed by atoms with E-state index in [1.54, 1.807) is 11.9 Å². The number of likely N-dealkylation sites (N-methyl/N-ethyl adjacent to an activating group) is 1. The molecule has 1 unspecified atom stereocenters. The lowest BCUT2D eigenvalue weighted by Gasteiger charge is -2.22. The Hall–Kier alpha value is -1.52. The lowest BCUT2D eigenvalue weighted by molar-refractivity contribution is -0.137. The van der Waals surface area contributed by atoms with Gasteiger partial charge in [0, 0.05) is 26.6 Å². The van der Waals surface area contributed by atoms with Crippen molar-refractivity contribution in [2.24, 2.45) is 11.8 Å². The van der Waals surface area contributed by atoms with Gasteiger partial charge in [0.2, 0.25) is 0 Å². The zero-order chi connectivity index (χ0) is 15.7. The molecule has 116 valence electrons. The molecule has 0 aliphatic rings. The molecule has 0 fully saturated rings. The fraction of sp³-hybridized carbons (Fsp3) is 0.733. The topological polar surface area (TPSA) is 69.6 Å². The number of carbonyl (C=O) groups is 2. The molecule has 2 amide bonds. The second kappa shape index (κ2) is 9.39. The number of carboxylic acid groups (broad SMARTS) is 1. The van der Waals surface area contributed by atoms with Gasteiger partial charge in [0.05, 0.1) is 0 Å². The molecular formula is C15H28N2O3. The van der Waals surface area contributed by atoms with E-state index in [4.69, 9.17) is 5.11 Å². The molecule has 0 spiro atoms. The Balaban J connectivity index is 4.07. The van der Waals surface area contributed by atoms with Crippen LogP contribution < -0.4 is 5.32 Å². The molecule has 0 aromatic rings. The highest BCUT2D eigenvalue weighted by Gasteiger charge is 2.15. The normalized spacial score (nSPS) is 12.1. The van der Waals surface area contributed by atoms with Crippen molar-refractivity contribution >= 4 is 12.0 Å².